The Bertz CT molecular complexity index is 606. The number of piperidine rings is 1. The van der Waals surface area contributed by atoms with Crippen LogP contribution in [0.3, 0.4) is 0 Å². The number of halogens is 1. The van der Waals surface area contributed by atoms with Gasteiger partial charge < -0.3 is 20.3 Å². The van der Waals surface area contributed by atoms with E-state index in [-0.39, 0.29) is 30.1 Å². The second-order valence-corrected chi connectivity index (χ2v) is 8.75. The maximum atomic E-state index is 6.06. The quantitative estimate of drug-likeness (QED) is 0.356. The van der Waals surface area contributed by atoms with Gasteiger partial charge in [-0.1, -0.05) is 0 Å². The minimum absolute atomic E-state index is 0. The normalized spacial score (nSPS) is 26.6. The zero-order valence-electron chi connectivity index (χ0n) is 16.8. The first-order chi connectivity index (χ1) is 13.3. The molecule has 3 saturated heterocycles. The molecule has 8 heteroatoms. The van der Waals surface area contributed by atoms with Crippen molar-refractivity contribution in [2.45, 2.75) is 50.8 Å². The molecule has 0 amide bonds. The van der Waals surface area contributed by atoms with Gasteiger partial charge in [0.15, 0.2) is 5.96 Å². The molecule has 6 nitrogen and oxygen atoms in total. The highest BCUT2D eigenvalue weighted by Gasteiger charge is 2.32. The highest BCUT2D eigenvalue weighted by molar-refractivity contribution is 14.0. The number of thiophene rings is 1. The van der Waals surface area contributed by atoms with Crippen molar-refractivity contribution in [3.8, 4) is 0 Å². The van der Waals surface area contributed by atoms with Crippen LogP contribution in [0.5, 0.6) is 0 Å². The van der Waals surface area contributed by atoms with Crippen molar-refractivity contribution in [1.82, 2.24) is 15.5 Å². The van der Waals surface area contributed by atoms with Crippen LogP contribution in [0.4, 0.5) is 5.00 Å². The fraction of sp³-hybridized carbons (Fsp3) is 0.750. The summed E-state index contributed by atoms with van der Waals surface area (Å²) in [7, 11) is 0. The third-order valence-electron chi connectivity index (χ3n) is 5.91. The predicted molar refractivity (Wildman–Crippen MR) is 128 cm³/mol. The first-order valence-corrected chi connectivity index (χ1v) is 11.4. The van der Waals surface area contributed by atoms with Gasteiger partial charge in [0, 0.05) is 38.3 Å². The third kappa shape index (κ3) is 5.73. The van der Waals surface area contributed by atoms with Gasteiger partial charge in [-0.2, -0.15) is 0 Å². The molecule has 3 fully saturated rings. The van der Waals surface area contributed by atoms with E-state index < -0.39 is 0 Å². The van der Waals surface area contributed by atoms with Crippen LogP contribution in [0.25, 0.3) is 0 Å². The molecule has 3 aliphatic rings. The van der Waals surface area contributed by atoms with E-state index in [1.54, 1.807) is 0 Å². The number of guanidine groups is 1. The van der Waals surface area contributed by atoms with Crippen molar-refractivity contribution >= 4 is 46.3 Å². The number of hydrogen-bond donors (Lipinski definition) is 2. The molecule has 0 spiro atoms. The topological polar surface area (TPSA) is 52.1 Å². The van der Waals surface area contributed by atoms with Crippen molar-refractivity contribution in [3.63, 3.8) is 0 Å². The van der Waals surface area contributed by atoms with Crippen molar-refractivity contribution in [2.24, 2.45) is 4.99 Å². The molecule has 4 rings (SSSR count). The zero-order valence-corrected chi connectivity index (χ0v) is 20.0. The molecule has 1 aromatic rings. The van der Waals surface area contributed by atoms with Crippen LogP contribution in [0.2, 0.25) is 0 Å². The molecule has 4 heterocycles. The van der Waals surface area contributed by atoms with E-state index in [1.165, 1.54) is 24.4 Å². The first kappa shape index (κ1) is 22.1. The molecule has 2 unspecified atom stereocenters. The van der Waals surface area contributed by atoms with E-state index in [1.807, 2.05) is 11.3 Å². The summed E-state index contributed by atoms with van der Waals surface area (Å²) in [5.74, 6) is 0.944. The molecule has 2 atom stereocenters. The van der Waals surface area contributed by atoms with Gasteiger partial charge in [-0.05, 0) is 56.7 Å². The molecular formula is C20H34IN5OS. The van der Waals surface area contributed by atoms with Crippen LogP contribution in [0, 0.1) is 0 Å². The second kappa shape index (κ2) is 11.0. The van der Waals surface area contributed by atoms with Crippen molar-refractivity contribution in [2.75, 3.05) is 50.8 Å². The first-order valence-electron chi connectivity index (χ1n) is 10.5. The fourth-order valence-corrected chi connectivity index (χ4v) is 5.18. The number of fused-ring (bicyclic) bond motifs is 1. The van der Waals surface area contributed by atoms with Gasteiger partial charge in [-0.3, -0.25) is 9.89 Å². The summed E-state index contributed by atoms with van der Waals surface area (Å²) in [4.78, 5) is 9.93. The van der Waals surface area contributed by atoms with Crippen LogP contribution in [-0.4, -0.2) is 74.9 Å². The predicted octanol–water partition coefficient (Wildman–Crippen LogP) is 2.75. The molecule has 0 bridgehead atoms. The highest BCUT2D eigenvalue weighted by Crippen LogP contribution is 2.25. The van der Waals surface area contributed by atoms with E-state index in [2.05, 4.69) is 44.9 Å². The van der Waals surface area contributed by atoms with Gasteiger partial charge in [-0.25, -0.2) is 0 Å². The Morgan fingerprint density at radius 2 is 2.14 bits per heavy atom. The number of nitrogens with zero attached hydrogens (tertiary/aromatic N) is 3. The van der Waals surface area contributed by atoms with Crippen molar-refractivity contribution in [3.05, 3.63) is 17.5 Å². The monoisotopic (exact) mass is 519 g/mol. The molecule has 0 aromatic carbocycles. The summed E-state index contributed by atoms with van der Waals surface area (Å²) in [6.45, 7) is 9.13. The number of hydrogen-bond acceptors (Lipinski definition) is 5. The lowest BCUT2D eigenvalue weighted by Gasteiger charge is -2.35. The van der Waals surface area contributed by atoms with Crippen LogP contribution in [0.1, 0.15) is 32.6 Å². The van der Waals surface area contributed by atoms with E-state index >= 15 is 0 Å². The van der Waals surface area contributed by atoms with E-state index in [4.69, 9.17) is 9.73 Å². The van der Waals surface area contributed by atoms with Gasteiger partial charge in [0.05, 0.1) is 24.3 Å². The third-order valence-corrected chi connectivity index (χ3v) is 6.84. The second-order valence-electron chi connectivity index (χ2n) is 7.82. The lowest BCUT2D eigenvalue weighted by Crippen LogP contribution is -2.50. The van der Waals surface area contributed by atoms with E-state index in [9.17, 15) is 0 Å². The molecule has 1 aromatic heterocycles. The summed E-state index contributed by atoms with van der Waals surface area (Å²) in [6.07, 6.45) is 5.15. The Kier molecular flexibility index (Phi) is 8.68. The van der Waals surface area contributed by atoms with Crippen LogP contribution >= 0.6 is 35.3 Å². The molecule has 0 radical (unpaired) electrons. The Labute approximate surface area is 190 Å². The molecule has 0 saturated carbocycles. The van der Waals surface area contributed by atoms with E-state index in [0.29, 0.717) is 12.1 Å². The lowest BCUT2D eigenvalue weighted by molar-refractivity contribution is -0.0432. The maximum absolute atomic E-state index is 6.06. The van der Waals surface area contributed by atoms with Crippen LogP contribution in [-0.2, 0) is 4.74 Å². The minimum Gasteiger partial charge on any atom is -0.373 e. The van der Waals surface area contributed by atoms with Crippen LogP contribution in [0.15, 0.2) is 22.5 Å². The number of ether oxygens (including phenoxy) is 1. The minimum atomic E-state index is 0. The average Bonchev–Trinajstić information content (AvgIpc) is 3.38. The largest absolute Gasteiger partial charge is 0.373 e. The van der Waals surface area contributed by atoms with Gasteiger partial charge in [0.25, 0.3) is 0 Å². The maximum Gasteiger partial charge on any atom is 0.191 e. The van der Waals surface area contributed by atoms with Gasteiger partial charge in [0.2, 0.25) is 0 Å². The summed E-state index contributed by atoms with van der Waals surface area (Å²) < 4.78 is 6.06. The molecule has 3 aliphatic heterocycles. The van der Waals surface area contributed by atoms with Gasteiger partial charge in [-0.15, -0.1) is 35.3 Å². The van der Waals surface area contributed by atoms with Crippen molar-refractivity contribution in [1.29, 1.82) is 0 Å². The van der Waals surface area contributed by atoms with Gasteiger partial charge in [0.1, 0.15) is 0 Å². The van der Waals surface area contributed by atoms with E-state index in [0.717, 1.165) is 58.1 Å². The summed E-state index contributed by atoms with van der Waals surface area (Å²) in [6, 6.07) is 5.51. The number of aliphatic imine (C=N–C) groups is 1. The molecule has 2 N–H and O–H groups in total. The Hall–Kier alpha value is -0.580. The summed E-state index contributed by atoms with van der Waals surface area (Å²) in [5, 5.41) is 10.6. The highest BCUT2D eigenvalue weighted by atomic mass is 127. The number of rotatable bonds is 5. The Morgan fingerprint density at radius 3 is 2.89 bits per heavy atom. The summed E-state index contributed by atoms with van der Waals surface area (Å²) >= 11 is 1.83. The molecule has 0 aliphatic carbocycles. The SMILES string of the molecule is CCNC(=NCC1CN2CCCC2CO1)NC1CCN(c2cccs2)CC1.I. The summed E-state index contributed by atoms with van der Waals surface area (Å²) in [5.41, 5.74) is 0. The number of morpholine rings is 1. The van der Waals surface area contributed by atoms with Gasteiger partial charge >= 0.3 is 0 Å². The Morgan fingerprint density at radius 1 is 1.29 bits per heavy atom. The number of nitrogens with one attached hydrogen (secondary N) is 2. The molecular weight excluding hydrogens is 485 g/mol. The smallest absolute Gasteiger partial charge is 0.191 e. The standard InChI is InChI=1S/C20H33N5OS.HI/c1-2-21-20(22-13-18-14-25-9-3-5-17(25)15-26-18)23-16-7-10-24(11-8-16)19-6-4-12-27-19;/h4,6,12,16-18H,2-3,5,7-11,13-15H2,1H3,(H2,21,22,23);1H. The zero-order chi connectivity index (χ0) is 18.5. The average molecular weight is 519 g/mol. The van der Waals surface area contributed by atoms with Crippen LogP contribution < -0.4 is 15.5 Å². The van der Waals surface area contributed by atoms with Crippen molar-refractivity contribution < 1.29 is 4.74 Å². The Balaban J connectivity index is 0.00000225. The molecule has 28 heavy (non-hydrogen) atoms. The lowest BCUT2D eigenvalue weighted by atomic mass is 10.1. The number of anilines is 1. The fourth-order valence-electron chi connectivity index (χ4n) is 4.40. The molecule has 158 valence electrons.